The van der Waals surface area contributed by atoms with Crippen LogP contribution in [0.3, 0.4) is 0 Å². The molecule has 0 radical (unpaired) electrons. The summed E-state index contributed by atoms with van der Waals surface area (Å²) in [5.41, 5.74) is 0.303. The highest BCUT2D eigenvalue weighted by Crippen LogP contribution is 2.39. The average molecular weight is 207 g/mol. The van der Waals surface area contributed by atoms with Gasteiger partial charge in [-0.1, -0.05) is 38.4 Å². The van der Waals surface area contributed by atoms with Gasteiger partial charge in [-0.3, -0.25) is 0 Å². The van der Waals surface area contributed by atoms with Gasteiger partial charge in [0.2, 0.25) is 0 Å². The molecule has 1 aliphatic carbocycles. The predicted octanol–water partition coefficient (Wildman–Crippen LogP) is 4.17. The third-order valence-electron chi connectivity index (χ3n) is 2.57. The van der Waals surface area contributed by atoms with E-state index in [2.05, 4.69) is 26.8 Å². The Bertz CT molecular complexity index is 194. The predicted molar refractivity (Wildman–Crippen MR) is 55.8 cm³/mol. The van der Waals surface area contributed by atoms with Gasteiger partial charge in [-0.2, -0.15) is 0 Å². The minimum Gasteiger partial charge on any atom is -0.122 e. The Morgan fingerprint density at radius 1 is 1.50 bits per heavy atom. The summed E-state index contributed by atoms with van der Waals surface area (Å²) >= 11 is 12.3. The maximum absolute atomic E-state index is 6.23. The van der Waals surface area contributed by atoms with Crippen molar-refractivity contribution in [2.24, 2.45) is 11.3 Å². The number of halogens is 2. The standard InChI is InChI=1S/C10H16Cl2/c1-7-8(11)4-5-10(2,3)6-9(7)12/h4,7,9H,5-6H2,1-3H3. The second-order valence-electron chi connectivity index (χ2n) is 4.47. The SMILES string of the molecule is CC1C(Cl)=CCC(C)(C)CC1Cl. The van der Waals surface area contributed by atoms with Crippen molar-refractivity contribution in [1.82, 2.24) is 0 Å². The van der Waals surface area contributed by atoms with Crippen molar-refractivity contribution in [2.75, 3.05) is 0 Å². The third kappa shape index (κ3) is 2.40. The zero-order valence-corrected chi connectivity index (χ0v) is 9.41. The molecule has 0 nitrogen and oxygen atoms in total. The summed E-state index contributed by atoms with van der Waals surface area (Å²) in [6.45, 7) is 6.57. The number of hydrogen-bond acceptors (Lipinski definition) is 0. The third-order valence-corrected chi connectivity index (χ3v) is 3.61. The van der Waals surface area contributed by atoms with Crippen LogP contribution in [0.15, 0.2) is 11.1 Å². The van der Waals surface area contributed by atoms with Gasteiger partial charge in [-0.15, -0.1) is 11.6 Å². The van der Waals surface area contributed by atoms with Gasteiger partial charge in [0.1, 0.15) is 0 Å². The fourth-order valence-corrected chi connectivity index (χ4v) is 2.37. The van der Waals surface area contributed by atoms with Crippen LogP contribution < -0.4 is 0 Å². The van der Waals surface area contributed by atoms with Gasteiger partial charge >= 0.3 is 0 Å². The summed E-state index contributed by atoms with van der Waals surface area (Å²) < 4.78 is 0. The van der Waals surface area contributed by atoms with Gasteiger partial charge in [0.25, 0.3) is 0 Å². The highest BCUT2D eigenvalue weighted by molar-refractivity contribution is 6.31. The van der Waals surface area contributed by atoms with E-state index in [-0.39, 0.29) is 5.38 Å². The van der Waals surface area contributed by atoms with E-state index >= 15 is 0 Å². The van der Waals surface area contributed by atoms with Crippen LogP contribution in [0.25, 0.3) is 0 Å². The molecule has 0 aliphatic heterocycles. The van der Waals surface area contributed by atoms with Crippen LogP contribution in [0.1, 0.15) is 33.6 Å². The molecule has 0 saturated carbocycles. The van der Waals surface area contributed by atoms with Crippen molar-refractivity contribution >= 4 is 23.2 Å². The van der Waals surface area contributed by atoms with E-state index in [4.69, 9.17) is 23.2 Å². The lowest BCUT2D eigenvalue weighted by Gasteiger charge is -2.24. The molecule has 1 aliphatic rings. The normalized spacial score (nSPS) is 35.6. The van der Waals surface area contributed by atoms with E-state index in [9.17, 15) is 0 Å². The van der Waals surface area contributed by atoms with Gasteiger partial charge in [-0.05, 0) is 18.3 Å². The van der Waals surface area contributed by atoms with Crippen molar-refractivity contribution < 1.29 is 0 Å². The molecule has 0 bridgehead atoms. The molecule has 0 fully saturated rings. The summed E-state index contributed by atoms with van der Waals surface area (Å²) in [6, 6.07) is 0. The molecule has 0 aromatic heterocycles. The molecular weight excluding hydrogens is 191 g/mol. The first-order chi connectivity index (χ1) is 5.42. The molecule has 2 atom stereocenters. The average Bonchev–Trinajstić information content (AvgIpc) is 2.03. The summed E-state index contributed by atoms with van der Waals surface area (Å²) in [7, 11) is 0. The molecule has 0 saturated heterocycles. The lowest BCUT2D eigenvalue weighted by atomic mass is 9.84. The Balaban J connectivity index is 2.80. The zero-order valence-electron chi connectivity index (χ0n) is 7.90. The minimum absolute atomic E-state index is 0.186. The van der Waals surface area contributed by atoms with E-state index < -0.39 is 0 Å². The summed E-state index contributed by atoms with van der Waals surface area (Å²) in [6.07, 6.45) is 4.20. The zero-order chi connectivity index (χ0) is 9.35. The van der Waals surface area contributed by atoms with Crippen molar-refractivity contribution in [2.45, 2.75) is 39.0 Å². The van der Waals surface area contributed by atoms with Crippen LogP contribution in [0, 0.1) is 11.3 Å². The van der Waals surface area contributed by atoms with Crippen molar-refractivity contribution in [3.8, 4) is 0 Å². The Morgan fingerprint density at radius 2 is 2.08 bits per heavy atom. The van der Waals surface area contributed by atoms with E-state index in [1.165, 1.54) is 0 Å². The molecule has 0 N–H and O–H groups in total. The maximum atomic E-state index is 6.23. The molecule has 70 valence electrons. The second-order valence-corrected chi connectivity index (χ2v) is 5.46. The first-order valence-electron chi connectivity index (χ1n) is 4.42. The van der Waals surface area contributed by atoms with Gasteiger partial charge < -0.3 is 0 Å². The topological polar surface area (TPSA) is 0 Å². The Kier molecular flexibility index (Phi) is 3.11. The van der Waals surface area contributed by atoms with E-state index in [1.807, 2.05) is 0 Å². The fraction of sp³-hybridized carbons (Fsp3) is 0.800. The lowest BCUT2D eigenvalue weighted by Crippen LogP contribution is -2.18. The van der Waals surface area contributed by atoms with E-state index in [0.717, 1.165) is 17.9 Å². The van der Waals surface area contributed by atoms with E-state index in [0.29, 0.717) is 11.3 Å². The molecular formula is C10H16Cl2. The minimum atomic E-state index is 0.186. The van der Waals surface area contributed by atoms with Crippen molar-refractivity contribution in [1.29, 1.82) is 0 Å². The monoisotopic (exact) mass is 206 g/mol. The Morgan fingerprint density at radius 3 is 2.67 bits per heavy atom. The molecule has 0 spiro atoms. The molecule has 0 aromatic carbocycles. The first kappa shape index (κ1) is 10.4. The molecule has 0 heterocycles. The van der Waals surface area contributed by atoms with E-state index in [1.54, 1.807) is 0 Å². The Labute approximate surface area is 84.9 Å². The van der Waals surface area contributed by atoms with Gasteiger partial charge in [0.05, 0.1) is 0 Å². The largest absolute Gasteiger partial charge is 0.122 e. The summed E-state index contributed by atoms with van der Waals surface area (Å²) in [4.78, 5) is 0. The fourth-order valence-electron chi connectivity index (χ4n) is 1.52. The van der Waals surface area contributed by atoms with Crippen LogP contribution >= 0.6 is 23.2 Å². The van der Waals surface area contributed by atoms with Gasteiger partial charge in [0, 0.05) is 16.3 Å². The maximum Gasteiger partial charge on any atom is 0.0415 e. The van der Waals surface area contributed by atoms with Crippen LogP contribution in [-0.2, 0) is 0 Å². The molecule has 2 unspecified atom stereocenters. The van der Waals surface area contributed by atoms with Crippen molar-refractivity contribution in [3.63, 3.8) is 0 Å². The molecule has 1 rings (SSSR count). The Hall–Kier alpha value is 0.320. The van der Waals surface area contributed by atoms with Crippen LogP contribution in [0.2, 0.25) is 0 Å². The molecule has 0 aromatic rings. The van der Waals surface area contributed by atoms with Crippen LogP contribution in [0.5, 0.6) is 0 Å². The quantitative estimate of drug-likeness (QED) is 0.523. The first-order valence-corrected chi connectivity index (χ1v) is 5.23. The van der Waals surface area contributed by atoms with Crippen LogP contribution in [0.4, 0.5) is 0 Å². The molecule has 2 heteroatoms. The molecule has 0 amide bonds. The number of alkyl halides is 1. The summed E-state index contributed by atoms with van der Waals surface area (Å²) in [5.74, 6) is 0.315. The number of rotatable bonds is 0. The van der Waals surface area contributed by atoms with Gasteiger partial charge in [0.15, 0.2) is 0 Å². The number of hydrogen-bond donors (Lipinski definition) is 0. The number of allylic oxidation sites excluding steroid dienone is 2. The van der Waals surface area contributed by atoms with Crippen molar-refractivity contribution in [3.05, 3.63) is 11.1 Å². The van der Waals surface area contributed by atoms with Crippen LogP contribution in [-0.4, -0.2) is 5.38 Å². The lowest BCUT2D eigenvalue weighted by molar-refractivity contribution is 0.328. The second kappa shape index (κ2) is 3.59. The van der Waals surface area contributed by atoms with Gasteiger partial charge in [-0.25, -0.2) is 0 Å². The highest BCUT2D eigenvalue weighted by atomic mass is 35.5. The smallest absolute Gasteiger partial charge is 0.0415 e. The highest BCUT2D eigenvalue weighted by Gasteiger charge is 2.29. The summed E-state index contributed by atoms with van der Waals surface area (Å²) in [5, 5.41) is 1.12. The molecule has 12 heavy (non-hydrogen) atoms.